The van der Waals surface area contributed by atoms with Crippen LogP contribution in [0, 0.1) is 18.8 Å². The van der Waals surface area contributed by atoms with Crippen molar-refractivity contribution in [1.82, 2.24) is 0 Å². The number of aromatic nitrogens is 1. The molecule has 6 rings (SSSR count). The van der Waals surface area contributed by atoms with E-state index in [0.29, 0.717) is 11.8 Å². The molecule has 1 nitrogen and oxygen atoms in total. The number of aryl methyl sites for hydroxylation is 2. The molecular formula is C37H42NS+. The Labute approximate surface area is 238 Å². The standard InChI is InChI=1S/C37H42NS/c1-21(2)17-24-13-14-26-28(19-24)23(5)32-35-34-27(15-16-38(35)9)33-25(11-10-12-30(33)37(6,7)8)20-31(34)39-36(32)29(26)18-22(3)4/h10-16,19-22H,17-18H2,1-9H3/q+1. The Balaban J connectivity index is 1.77. The second kappa shape index (κ2) is 9.37. The fourth-order valence-electron chi connectivity index (χ4n) is 6.78. The van der Waals surface area contributed by atoms with Crippen LogP contribution < -0.4 is 4.57 Å². The average Bonchev–Trinajstić information content (AvgIpc) is 2.86. The number of pyridine rings is 1. The Kier molecular flexibility index (Phi) is 6.34. The van der Waals surface area contributed by atoms with Crippen LogP contribution in [-0.4, -0.2) is 0 Å². The van der Waals surface area contributed by atoms with E-state index in [1.807, 2.05) is 11.8 Å². The van der Waals surface area contributed by atoms with Gasteiger partial charge in [-0.3, -0.25) is 0 Å². The molecule has 2 heteroatoms. The minimum atomic E-state index is 0.0741. The normalized spacial score (nSPS) is 13.3. The molecule has 1 aromatic heterocycles. The zero-order chi connectivity index (χ0) is 27.8. The number of benzene rings is 4. The Morgan fingerprint density at radius 1 is 0.821 bits per heavy atom. The molecule has 2 heterocycles. The van der Waals surface area contributed by atoms with Gasteiger partial charge in [0.25, 0.3) is 0 Å². The van der Waals surface area contributed by atoms with E-state index in [4.69, 9.17) is 0 Å². The molecule has 0 radical (unpaired) electrons. The maximum Gasteiger partial charge on any atom is 0.222 e. The lowest BCUT2D eigenvalue weighted by atomic mass is 9.81. The van der Waals surface area contributed by atoms with Crippen molar-refractivity contribution in [2.75, 3.05) is 0 Å². The van der Waals surface area contributed by atoms with Gasteiger partial charge in [0.05, 0.1) is 10.9 Å². The highest BCUT2D eigenvalue weighted by Gasteiger charge is 2.33. The van der Waals surface area contributed by atoms with E-state index in [2.05, 4.69) is 122 Å². The first kappa shape index (κ1) is 26.4. The van der Waals surface area contributed by atoms with E-state index in [1.54, 1.807) is 0 Å². The monoisotopic (exact) mass is 532 g/mol. The fourth-order valence-corrected chi connectivity index (χ4v) is 8.16. The summed E-state index contributed by atoms with van der Waals surface area (Å²) in [5, 5.41) is 8.43. The van der Waals surface area contributed by atoms with Crippen LogP contribution in [0.3, 0.4) is 0 Å². The lowest BCUT2D eigenvalue weighted by molar-refractivity contribution is -0.659. The van der Waals surface area contributed by atoms with E-state index in [1.165, 1.54) is 75.6 Å². The third kappa shape index (κ3) is 4.27. The number of rotatable bonds is 4. The molecule has 39 heavy (non-hydrogen) atoms. The Morgan fingerprint density at radius 2 is 1.56 bits per heavy atom. The van der Waals surface area contributed by atoms with E-state index < -0.39 is 0 Å². The number of hydrogen-bond donors (Lipinski definition) is 0. The highest BCUT2D eigenvalue weighted by molar-refractivity contribution is 8.00. The smallest absolute Gasteiger partial charge is 0.200 e. The maximum atomic E-state index is 2.49. The number of fused-ring (bicyclic) bond motifs is 5. The van der Waals surface area contributed by atoms with Crippen LogP contribution in [-0.2, 0) is 25.3 Å². The van der Waals surface area contributed by atoms with Crippen LogP contribution in [0.4, 0.5) is 0 Å². The first-order valence-corrected chi connectivity index (χ1v) is 15.4. The zero-order valence-electron chi connectivity index (χ0n) is 25.1. The second-order valence-corrected chi connectivity index (χ2v) is 14.6. The predicted octanol–water partition coefficient (Wildman–Crippen LogP) is 10.1. The molecule has 0 unspecified atom stereocenters. The number of hydrogen-bond acceptors (Lipinski definition) is 1. The molecule has 0 atom stereocenters. The summed E-state index contributed by atoms with van der Waals surface area (Å²) in [7, 11) is 2.24. The minimum Gasteiger partial charge on any atom is -0.200 e. The Bertz CT molecular complexity index is 1780. The van der Waals surface area contributed by atoms with Gasteiger partial charge in [-0.2, -0.15) is 0 Å². The van der Waals surface area contributed by atoms with Crippen molar-refractivity contribution in [2.24, 2.45) is 18.9 Å². The van der Waals surface area contributed by atoms with Crippen LogP contribution in [0.5, 0.6) is 0 Å². The van der Waals surface area contributed by atoms with Crippen molar-refractivity contribution < 1.29 is 4.57 Å². The van der Waals surface area contributed by atoms with Crippen LogP contribution in [0.15, 0.2) is 64.5 Å². The summed E-state index contributed by atoms with van der Waals surface area (Å²) in [6.07, 6.45) is 4.50. The van der Waals surface area contributed by atoms with Crippen LogP contribution in [0.1, 0.15) is 70.7 Å². The van der Waals surface area contributed by atoms with E-state index in [9.17, 15) is 0 Å². The molecule has 0 amide bonds. The molecular weight excluding hydrogens is 490 g/mol. The molecule has 0 spiro atoms. The minimum absolute atomic E-state index is 0.0741. The van der Waals surface area contributed by atoms with Gasteiger partial charge in [-0.25, -0.2) is 4.57 Å². The first-order chi connectivity index (χ1) is 18.5. The molecule has 0 bridgehead atoms. The van der Waals surface area contributed by atoms with Gasteiger partial charge in [0.2, 0.25) is 5.69 Å². The van der Waals surface area contributed by atoms with Gasteiger partial charge < -0.3 is 0 Å². The van der Waals surface area contributed by atoms with Gasteiger partial charge in [-0.05, 0) is 86.9 Å². The average molecular weight is 533 g/mol. The lowest BCUT2D eigenvalue weighted by Gasteiger charge is -2.27. The summed E-state index contributed by atoms with van der Waals surface area (Å²) in [5.41, 5.74) is 8.71. The van der Waals surface area contributed by atoms with Crippen molar-refractivity contribution >= 4 is 44.1 Å². The molecule has 1 aliphatic heterocycles. The Morgan fingerprint density at radius 3 is 2.26 bits per heavy atom. The van der Waals surface area contributed by atoms with Crippen molar-refractivity contribution in [2.45, 2.75) is 83.4 Å². The predicted molar refractivity (Wildman–Crippen MR) is 170 cm³/mol. The SMILES string of the molecule is Cc1c2c(c(CC(C)C)c3ccc(CC(C)C)cc13)Sc1cc3cccc(C(C)(C)C)c3c3cc[n+](C)c-2c13. The van der Waals surface area contributed by atoms with Crippen molar-refractivity contribution in [3.8, 4) is 11.3 Å². The molecule has 0 saturated heterocycles. The van der Waals surface area contributed by atoms with Crippen molar-refractivity contribution in [3.63, 3.8) is 0 Å². The summed E-state index contributed by atoms with van der Waals surface area (Å²) < 4.78 is 2.38. The van der Waals surface area contributed by atoms with Crippen molar-refractivity contribution in [3.05, 3.63) is 77.0 Å². The van der Waals surface area contributed by atoms with Gasteiger partial charge in [0.1, 0.15) is 7.05 Å². The molecule has 4 aromatic carbocycles. The molecule has 0 aliphatic carbocycles. The third-order valence-electron chi connectivity index (χ3n) is 8.43. The summed E-state index contributed by atoms with van der Waals surface area (Å²) in [5.74, 6) is 1.24. The summed E-state index contributed by atoms with van der Waals surface area (Å²) in [6, 6.07) is 19.0. The van der Waals surface area contributed by atoms with Crippen molar-refractivity contribution in [1.29, 1.82) is 0 Å². The zero-order valence-corrected chi connectivity index (χ0v) is 25.9. The first-order valence-electron chi connectivity index (χ1n) is 14.6. The second-order valence-electron chi connectivity index (χ2n) is 13.6. The third-order valence-corrected chi connectivity index (χ3v) is 9.62. The van der Waals surface area contributed by atoms with E-state index in [0.717, 1.165) is 12.8 Å². The maximum absolute atomic E-state index is 2.49. The highest BCUT2D eigenvalue weighted by atomic mass is 32.2. The van der Waals surface area contributed by atoms with Crippen LogP contribution in [0.25, 0.3) is 43.6 Å². The highest BCUT2D eigenvalue weighted by Crippen LogP contribution is 2.53. The molecule has 0 fully saturated rings. The van der Waals surface area contributed by atoms with Gasteiger partial charge in [0, 0.05) is 21.2 Å². The lowest BCUT2D eigenvalue weighted by Crippen LogP contribution is -2.32. The van der Waals surface area contributed by atoms with E-state index >= 15 is 0 Å². The molecule has 0 N–H and O–H groups in total. The molecule has 5 aromatic rings. The topological polar surface area (TPSA) is 3.88 Å². The molecule has 0 saturated carbocycles. The molecule has 1 aliphatic rings. The Hall–Kier alpha value is -2.84. The fraction of sp³-hybridized carbons (Fsp3) is 0.378. The van der Waals surface area contributed by atoms with Gasteiger partial charge in [0.15, 0.2) is 6.20 Å². The summed E-state index contributed by atoms with van der Waals surface area (Å²) >= 11 is 2.01. The summed E-state index contributed by atoms with van der Waals surface area (Å²) in [4.78, 5) is 2.86. The van der Waals surface area contributed by atoms with Crippen LogP contribution in [0.2, 0.25) is 0 Å². The van der Waals surface area contributed by atoms with Gasteiger partial charge in [-0.15, -0.1) is 0 Å². The van der Waals surface area contributed by atoms with Gasteiger partial charge >= 0.3 is 0 Å². The quantitative estimate of drug-likeness (QED) is 0.161. The molecule has 200 valence electrons. The summed E-state index contributed by atoms with van der Waals surface area (Å²) in [6.45, 7) is 18.7. The largest absolute Gasteiger partial charge is 0.222 e. The van der Waals surface area contributed by atoms with Crippen LogP contribution >= 0.6 is 11.8 Å². The van der Waals surface area contributed by atoms with Gasteiger partial charge in [-0.1, -0.05) is 96.6 Å². The van der Waals surface area contributed by atoms with E-state index in [-0.39, 0.29) is 5.41 Å². The number of nitrogens with zero attached hydrogens (tertiary/aromatic N) is 1.